The fraction of sp³-hybridized carbons (Fsp3) is 0.125. The van der Waals surface area contributed by atoms with E-state index in [2.05, 4.69) is 5.32 Å². The highest BCUT2D eigenvalue weighted by atomic mass is 35.5. The Morgan fingerprint density at radius 1 is 1.17 bits per heavy atom. The summed E-state index contributed by atoms with van der Waals surface area (Å²) in [6, 6.07) is 10.3. The van der Waals surface area contributed by atoms with Crippen LogP contribution in [0.4, 0.5) is 10.1 Å². The Morgan fingerprint density at radius 3 is 2.57 bits per heavy atom. The molecule has 2 aromatic carbocycles. The first-order valence-electron chi connectivity index (χ1n) is 6.69. The number of esters is 1. The number of ether oxygens (including phenoxy) is 1. The lowest BCUT2D eigenvalue weighted by Gasteiger charge is -2.08. The molecular weight excluding hydrogens is 323 g/mol. The molecule has 0 aromatic heterocycles. The number of para-hydroxylation sites is 1. The van der Waals surface area contributed by atoms with Gasteiger partial charge in [0.05, 0.1) is 16.3 Å². The van der Waals surface area contributed by atoms with Crippen molar-refractivity contribution in [1.29, 1.82) is 0 Å². The van der Waals surface area contributed by atoms with E-state index in [9.17, 15) is 14.0 Å². The second-order valence-corrected chi connectivity index (χ2v) is 5.09. The molecule has 0 fully saturated rings. The number of benzene rings is 2. The van der Waals surface area contributed by atoms with Crippen LogP contribution in [0.25, 0.3) is 0 Å². The highest BCUT2D eigenvalue weighted by molar-refractivity contribution is 6.33. The molecule has 0 saturated carbocycles. The predicted molar refractivity (Wildman–Crippen MR) is 84.4 cm³/mol. The smallest absolute Gasteiger partial charge is 0.340 e. The third-order valence-electron chi connectivity index (χ3n) is 3.01. The van der Waals surface area contributed by atoms with Crippen molar-refractivity contribution in [3.05, 3.63) is 64.4 Å². The minimum absolute atomic E-state index is 0.101. The van der Waals surface area contributed by atoms with Crippen LogP contribution in [0.1, 0.15) is 15.9 Å². The maximum atomic E-state index is 12.8. The number of halogens is 2. The predicted octanol–water partition coefficient (Wildman–Crippen LogP) is 2.53. The summed E-state index contributed by atoms with van der Waals surface area (Å²) in [4.78, 5) is 23.5. The number of nitrogens with two attached hydrogens (primary N) is 1. The van der Waals surface area contributed by atoms with Crippen LogP contribution in [0.2, 0.25) is 5.02 Å². The molecular formula is C16H14ClFN2O3. The maximum Gasteiger partial charge on any atom is 0.340 e. The van der Waals surface area contributed by atoms with Gasteiger partial charge in [0.25, 0.3) is 5.91 Å². The van der Waals surface area contributed by atoms with Gasteiger partial charge in [0.1, 0.15) is 5.82 Å². The van der Waals surface area contributed by atoms with E-state index in [-0.39, 0.29) is 28.6 Å². The summed E-state index contributed by atoms with van der Waals surface area (Å²) in [5.74, 6) is -1.57. The fourth-order valence-electron chi connectivity index (χ4n) is 1.78. The number of hydrogen-bond donors (Lipinski definition) is 2. The average Bonchev–Trinajstić information content (AvgIpc) is 2.54. The highest BCUT2D eigenvalue weighted by Gasteiger charge is 2.14. The van der Waals surface area contributed by atoms with Crippen LogP contribution in [-0.2, 0) is 16.1 Å². The van der Waals surface area contributed by atoms with Gasteiger partial charge in [-0.15, -0.1) is 0 Å². The normalized spacial score (nSPS) is 10.2. The van der Waals surface area contributed by atoms with Crippen molar-refractivity contribution in [2.45, 2.75) is 6.54 Å². The fourth-order valence-corrected chi connectivity index (χ4v) is 1.95. The minimum atomic E-state index is -0.734. The third-order valence-corrected chi connectivity index (χ3v) is 3.34. The SMILES string of the molecule is Nc1c(Cl)cccc1C(=O)OCC(=O)NCc1ccc(F)cc1. The number of amides is 1. The van der Waals surface area contributed by atoms with Crippen molar-refractivity contribution in [1.82, 2.24) is 5.32 Å². The van der Waals surface area contributed by atoms with E-state index in [1.165, 1.54) is 18.2 Å². The van der Waals surface area contributed by atoms with E-state index >= 15 is 0 Å². The minimum Gasteiger partial charge on any atom is -0.452 e. The Hall–Kier alpha value is -2.60. The molecule has 0 spiro atoms. The van der Waals surface area contributed by atoms with E-state index in [0.29, 0.717) is 0 Å². The van der Waals surface area contributed by atoms with Crippen LogP contribution in [0.3, 0.4) is 0 Å². The zero-order valence-corrected chi connectivity index (χ0v) is 12.8. The highest BCUT2D eigenvalue weighted by Crippen LogP contribution is 2.22. The summed E-state index contributed by atoms with van der Waals surface area (Å²) in [5, 5.41) is 2.79. The van der Waals surface area contributed by atoms with Gasteiger partial charge in [-0.25, -0.2) is 9.18 Å². The van der Waals surface area contributed by atoms with E-state index in [1.807, 2.05) is 0 Å². The Balaban J connectivity index is 1.83. The zero-order valence-electron chi connectivity index (χ0n) is 12.0. The topological polar surface area (TPSA) is 81.4 Å². The molecule has 3 N–H and O–H groups in total. The van der Waals surface area contributed by atoms with E-state index in [4.69, 9.17) is 22.1 Å². The lowest BCUT2D eigenvalue weighted by atomic mass is 10.2. The molecule has 0 saturated heterocycles. The summed E-state index contributed by atoms with van der Waals surface area (Å²) in [6.07, 6.45) is 0. The summed E-state index contributed by atoms with van der Waals surface area (Å²) in [6.45, 7) is -0.248. The van der Waals surface area contributed by atoms with Crippen molar-refractivity contribution >= 4 is 29.2 Å². The van der Waals surface area contributed by atoms with Gasteiger partial charge in [0.15, 0.2) is 6.61 Å². The van der Waals surface area contributed by atoms with Crippen LogP contribution >= 0.6 is 11.6 Å². The Kier molecular flexibility index (Phi) is 5.54. The number of hydrogen-bond acceptors (Lipinski definition) is 4. The molecule has 7 heteroatoms. The number of nitrogens with one attached hydrogen (secondary N) is 1. The quantitative estimate of drug-likeness (QED) is 0.649. The third kappa shape index (κ3) is 4.69. The van der Waals surface area contributed by atoms with Gasteiger partial charge >= 0.3 is 5.97 Å². The maximum absolute atomic E-state index is 12.8. The van der Waals surface area contributed by atoms with Crippen molar-refractivity contribution < 1.29 is 18.7 Å². The molecule has 0 bridgehead atoms. The Morgan fingerprint density at radius 2 is 1.87 bits per heavy atom. The molecule has 0 unspecified atom stereocenters. The molecule has 1 amide bonds. The molecule has 0 aliphatic rings. The van der Waals surface area contributed by atoms with Gasteiger partial charge in [-0.3, -0.25) is 4.79 Å². The Bertz CT molecular complexity index is 720. The van der Waals surface area contributed by atoms with E-state index in [0.717, 1.165) is 5.56 Å². The second-order valence-electron chi connectivity index (χ2n) is 4.68. The van der Waals surface area contributed by atoms with Crippen LogP contribution in [-0.4, -0.2) is 18.5 Å². The molecule has 2 rings (SSSR count). The number of carbonyl (C=O) groups excluding carboxylic acids is 2. The zero-order chi connectivity index (χ0) is 16.8. The van der Waals surface area contributed by atoms with Crippen molar-refractivity contribution in [3.63, 3.8) is 0 Å². The molecule has 0 aliphatic heterocycles. The number of carbonyl (C=O) groups is 2. The van der Waals surface area contributed by atoms with Gasteiger partial charge in [-0.05, 0) is 29.8 Å². The van der Waals surface area contributed by atoms with Gasteiger partial charge in [-0.1, -0.05) is 29.8 Å². The molecule has 0 heterocycles. The summed E-state index contributed by atoms with van der Waals surface area (Å²) in [5.41, 5.74) is 6.60. The molecule has 23 heavy (non-hydrogen) atoms. The molecule has 2 aromatic rings. The summed E-state index contributed by atoms with van der Waals surface area (Å²) >= 11 is 5.81. The van der Waals surface area contributed by atoms with Crippen LogP contribution in [0.15, 0.2) is 42.5 Å². The van der Waals surface area contributed by atoms with Crippen molar-refractivity contribution in [2.75, 3.05) is 12.3 Å². The largest absolute Gasteiger partial charge is 0.452 e. The number of nitrogen functional groups attached to an aromatic ring is 1. The van der Waals surface area contributed by atoms with E-state index in [1.54, 1.807) is 24.3 Å². The van der Waals surface area contributed by atoms with Gasteiger partial charge in [0.2, 0.25) is 0 Å². The molecule has 0 radical (unpaired) electrons. The van der Waals surface area contributed by atoms with Gasteiger partial charge in [-0.2, -0.15) is 0 Å². The summed E-state index contributed by atoms with van der Waals surface area (Å²) < 4.78 is 17.6. The van der Waals surface area contributed by atoms with Crippen molar-refractivity contribution in [3.8, 4) is 0 Å². The van der Waals surface area contributed by atoms with Crippen LogP contribution in [0, 0.1) is 5.82 Å². The van der Waals surface area contributed by atoms with E-state index < -0.39 is 18.5 Å². The van der Waals surface area contributed by atoms with Crippen LogP contribution < -0.4 is 11.1 Å². The summed E-state index contributed by atoms with van der Waals surface area (Å²) in [7, 11) is 0. The standard InChI is InChI=1S/C16H14ClFN2O3/c17-13-3-1-2-12(15(13)19)16(22)23-9-14(21)20-8-10-4-6-11(18)7-5-10/h1-7H,8-9,19H2,(H,20,21). The van der Waals surface area contributed by atoms with Gasteiger partial charge in [0, 0.05) is 6.54 Å². The first-order valence-corrected chi connectivity index (χ1v) is 7.07. The molecule has 5 nitrogen and oxygen atoms in total. The monoisotopic (exact) mass is 336 g/mol. The Labute approximate surface area is 137 Å². The van der Waals surface area contributed by atoms with Crippen molar-refractivity contribution in [2.24, 2.45) is 0 Å². The lowest BCUT2D eigenvalue weighted by molar-refractivity contribution is -0.124. The average molecular weight is 337 g/mol. The first-order chi connectivity index (χ1) is 11.0. The molecule has 0 atom stereocenters. The lowest BCUT2D eigenvalue weighted by Crippen LogP contribution is -2.28. The van der Waals surface area contributed by atoms with Gasteiger partial charge < -0.3 is 15.8 Å². The molecule has 0 aliphatic carbocycles. The van der Waals surface area contributed by atoms with Crippen LogP contribution in [0.5, 0.6) is 0 Å². The second kappa shape index (κ2) is 7.60. The number of anilines is 1. The number of rotatable bonds is 5. The molecule has 120 valence electrons. The first kappa shape index (κ1) is 16.8.